The van der Waals surface area contributed by atoms with E-state index in [0.29, 0.717) is 13.0 Å². The van der Waals surface area contributed by atoms with Crippen molar-refractivity contribution in [3.63, 3.8) is 0 Å². The van der Waals surface area contributed by atoms with Gasteiger partial charge >= 0.3 is 12.0 Å². The molecule has 1 rings (SSSR count). The standard InChI is InChI=1S/C11H20N2O3/c1-8(2)12-11(16)13-7-5-3-4-6-9(13)10(14)15/h8-9H,3-7H2,1-2H3,(H,12,16)(H,14,15). The van der Waals surface area contributed by atoms with Gasteiger partial charge in [-0.3, -0.25) is 0 Å². The molecule has 0 spiro atoms. The van der Waals surface area contributed by atoms with E-state index in [2.05, 4.69) is 5.32 Å². The molecular formula is C11H20N2O3. The van der Waals surface area contributed by atoms with Gasteiger partial charge in [0.1, 0.15) is 6.04 Å². The first-order valence-corrected chi connectivity index (χ1v) is 5.82. The lowest BCUT2D eigenvalue weighted by atomic mass is 10.1. The molecule has 0 aromatic rings. The second kappa shape index (κ2) is 5.72. The first-order chi connectivity index (χ1) is 7.52. The molecule has 1 atom stereocenters. The highest BCUT2D eigenvalue weighted by Crippen LogP contribution is 2.17. The maximum absolute atomic E-state index is 11.8. The van der Waals surface area contributed by atoms with Crippen molar-refractivity contribution in [1.82, 2.24) is 10.2 Å². The van der Waals surface area contributed by atoms with Crippen LogP contribution in [0.15, 0.2) is 0 Å². The van der Waals surface area contributed by atoms with Crippen molar-refractivity contribution in [3.05, 3.63) is 0 Å². The van der Waals surface area contributed by atoms with E-state index in [0.717, 1.165) is 19.3 Å². The molecule has 16 heavy (non-hydrogen) atoms. The summed E-state index contributed by atoms with van der Waals surface area (Å²) in [4.78, 5) is 24.4. The van der Waals surface area contributed by atoms with Gasteiger partial charge in [-0.2, -0.15) is 0 Å². The van der Waals surface area contributed by atoms with Crippen LogP contribution in [0.4, 0.5) is 4.79 Å². The molecule has 0 aliphatic carbocycles. The van der Waals surface area contributed by atoms with Crippen molar-refractivity contribution >= 4 is 12.0 Å². The number of amides is 2. The number of urea groups is 1. The van der Waals surface area contributed by atoms with Gasteiger partial charge in [0, 0.05) is 12.6 Å². The second-order valence-electron chi connectivity index (χ2n) is 4.50. The zero-order valence-corrected chi connectivity index (χ0v) is 9.90. The number of carboxylic acids is 1. The van der Waals surface area contributed by atoms with Gasteiger partial charge in [-0.1, -0.05) is 12.8 Å². The summed E-state index contributed by atoms with van der Waals surface area (Å²) in [6.07, 6.45) is 3.31. The Morgan fingerprint density at radius 3 is 2.56 bits per heavy atom. The molecule has 1 aliphatic heterocycles. The summed E-state index contributed by atoms with van der Waals surface area (Å²) in [5, 5.41) is 11.8. The van der Waals surface area contributed by atoms with E-state index in [1.165, 1.54) is 4.90 Å². The summed E-state index contributed by atoms with van der Waals surface area (Å²) in [5.74, 6) is -0.902. The quantitative estimate of drug-likeness (QED) is 0.751. The molecule has 0 bridgehead atoms. The minimum Gasteiger partial charge on any atom is -0.480 e. The molecule has 1 heterocycles. The molecule has 1 fully saturated rings. The van der Waals surface area contributed by atoms with Crippen LogP contribution in [0.1, 0.15) is 39.5 Å². The number of aliphatic carboxylic acids is 1. The molecule has 1 saturated heterocycles. The van der Waals surface area contributed by atoms with Crippen LogP contribution in [0.2, 0.25) is 0 Å². The third-order valence-electron chi connectivity index (χ3n) is 2.71. The predicted molar refractivity (Wildman–Crippen MR) is 60.3 cm³/mol. The van der Waals surface area contributed by atoms with Gasteiger partial charge in [0.15, 0.2) is 0 Å². The lowest BCUT2D eigenvalue weighted by Gasteiger charge is -2.27. The Morgan fingerprint density at radius 2 is 2.00 bits per heavy atom. The summed E-state index contributed by atoms with van der Waals surface area (Å²) < 4.78 is 0. The highest BCUT2D eigenvalue weighted by molar-refractivity contribution is 5.82. The first-order valence-electron chi connectivity index (χ1n) is 5.82. The molecule has 2 amide bonds. The molecular weight excluding hydrogens is 208 g/mol. The van der Waals surface area contributed by atoms with Crippen molar-refractivity contribution in [3.8, 4) is 0 Å². The van der Waals surface area contributed by atoms with E-state index in [-0.39, 0.29) is 12.1 Å². The summed E-state index contributed by atoms with van der Waals surface area (Å²) in [7, 11) is 0. The average molecular weight is 228 g/mol. The molecule has 1 aliphatic rings. The Labute approximate surface area is 95.8 Å². The minimum absolute atomic E-state index is 0.0326. The zero-order chi connectivity index (χ0) is 12.1. The van der Waals surface area contributed by atoms with Crippen LogP contribution in [0.25, 0.3) is 0 Å². The third-order valence-corrected chi connectivity index (χ3v) is 2.71. The summed E-state index contributed by atoms with van der Waals surface area (Å²) >= 11 is 0. The van der Waals surface area contributed by atoms with E-state index in [9.17, 15) is 9.59 Å². The number of nitrogens with one attached hydrogen (secondary N) is 1. The molecule has 5 nitrogen and oxygen atoms in total. The fourth-order valence-electron chi connectivity index (χ4n) is 1.94. The molecule has 0 aromatic heterocycles. The first kappa shape index (κ1) is 12.8. The number of hydrogen-bond acceptors (Lipinski definition) is 2. The summed E-state index contributed by atoms with van der Waals surface area (Å²) in [5.41, 5.74) is 0. The lowest BCUT2D eigenvalue weighted by molar-refractivity contribution is -0.142. The Balaban J connectivity index is 2.70. The van der Waals surface area contributed by atoms with Gasteiger partial charge in [0.25, 0.3) is 0 Å². The molecule has 1 unspecified atom stereocenters. The number of likely N-dealkylation sites (tertiary alicyclic amines) is 1. The fraction of sp³-hybridized carbons (Fsp3) is 0.818. The van der Waals surface area contributed by atoms with E-state index in [4.69, 9.17) is 5.11 Å². The Bertz CT molecular complexity index is 266. The van der Waals surface area contributed by atoms with Gasteiger partial charge in [0.2, 0.25) is 0 Å². The van der Waals surface area contributed by atoms with Gasteiger partial charge in [-0.05, 0) is 26.7 Å². The van der Waals surface area contributed by atoms with Gasteiger partial charge in [0.05, 0.1) is 0 Å². The maximum Gasteiger partial charge on any atom is 0.326 e. The zero-order valence-electron chi connectivity index (χ0n) is 9.90. The summed E-state index contributed by atoms with van der Waals surface area (Å²) in [6, 6.07) is -0.893. The molecule has 0 saturated carbocycles. The van der Waals surface area contributed by atoms with Gasteiger partial charge in [-0.25, -0.2) is 9.59 Å². The van der Waals surface area contributed by atoms with Crippen molar-refractivity contribution in [2.75, 3.05) is 6.54 Å². The van der Waals surface area contributed by atoms with Crippen LogP contribution in [-0.4, -0.2) is 40.6 Å². The van der Waals surface area contributed by atoms with Crippen LogP contribution in [-0.2, 0) is 4.79 Å². The lowest BCUT2D eigenvalue weighted by Crippen LogP contribution is -2.50. The van der Waals surface area contributed by atoms with Crippen molar-refractivity contribution in [2.45, 2.75) is 51.6 Å². The second-order valence-corrected chi connectivity index (χ2v) is 4.50. The van der Waals surface area contributed by atoms with Crippen LogP contribution < -0.4 is 5.32 Å². The van der Waals surface area contributed by atoms with Crippen LogP contribution in [0.5, 0.6) is 0 Å². The van der Waals surface area contributed by atoms with Crippen molar-refractivity contribution < 1.29 is 14.7 Å². The Morgan fingerprint density at radius 1 is 1.31 bits per heavy atom. The SMILES string of the molecule is CC(C)NC(=O)N1CCCCCC1C(=O)O. The highest BCUT2D eigenvalue weighted by atomic mass is 16.4. The molecule has 2 N–H and O–H groups in total. The fourth-order valence-corrected chi connectivity index (χ4v) is 1.94. The number of nitrogens with zero attached hydrogens (tertiary/aromatic N) is 1. The molecule has 5 heteroatoms. The van der Waals surface area contributed by atoms with Gasteiger partial charge < -0.3 is 15.3 Å². The number of carbonyl (C=O) groups excluding carboxylic acids is 1. The monoisotopic (exact) mass is 228 g/mol. The van der Waals surface area contributed by atoms with Gasteiger partial charge in [-0.15, -0.1) is 0 Å². The maximum atomic E-state index is 11.8. The van der Waals surface area contributed by atoms with E-state index >= 15 is 0 Å². The van der Waals surface area contributed by atoms with Crippen LogP contribution in [0.3, 0.4) is 0 Å². The Kier molecular flexibility index (Phi) is 4.58. The number of carboxylic acid groups (broad SMARTS) is 1. The Hall–Kier alpha value is -1.26. The average Bonchev–Trinajstić information content (AvgIpc) is 2.40. The minimum atomic E-state index is -0.902. The predicted octanol–water partition coefficient (Wildman–Crippen LogP) is 1.43. The van der Waals surface area contributed by atoms with E-state index < -0.39 is 12.0 Å². The molecule has 92 valence electrons. The van der Waals surface area contributed by atoms with Crippen LogP contribution in [0, 0.1) is 0 Å². The molecule has 0 aromatic carbocycles. The third kappa shape index (κ3) is 3.40. The van der Waals surface area contributed by atoms with Crippen LogP contribution >= 0.6 is 0 Å². The topological polar surface area (TPSA) is 69.6 Å². The smallest absolute Gasteiger partial charge is 0.326 e. The largest absolute Gasteiger partial charge is 0.480 e. The van der Waals surface area contributed by atoms with Crippen molar-refractivity contribution in [1.29, 1.82) is 0 Å². The highest BCUT2D eigenvalue weighted by Gasteiger charge is 2.30. The van der Waals surface area contributed by atoms with Crippen molar-refractivity contribution in [2.24, 2.45) is 0 Å². The van der Waals surface area contributed by atoms with E-state index in [1.807, 2.05) is 13.8 Å². The number of hydrogen-bond donors (Lipinski definition) is 2. The molecule has 0 radical (unpaired) electrons. The van der Waals surface area contributed by atoms with E-state index in [1.54, 1.807) is 0 Å². The normalized spacial score (nSPS) is 21.7. The number of rotatable bonds is 2. The number of carbonyl (C=O) groups is 2. The summed E-state index contributed by atoms with van der Waals surface area (Å²) in [6.45, 7) is 4.27.